The zero-order chi connectivity index (χ0) is 13.9. The van der Waals surface area contributed by atoms with Crippen molar-refractivity contribution in [1.82, 2.24) is 0 Å². The van der Waals surface area contributed by atoms with Gasteiger partial charge in [0.2, 0.25) is 0 Å². The minimum atomic E-state index is -0.343. The van der Waals surface area contributed by atoms with Crippen LogP contribution in [0.25, 0.3) is 22.1 Å². The Labute approximate surface area is 116 Å². The number of hydrogen-bond donors (Lipinski definition) is 0. The van der Waals surface area contributed by atoms with Crippen molar-refractivity contribution in [2.45, 2.75) is 6.61 Å². The number of para-hydroxylation sites is 1. The highest BCUT2D eigenvalue weighted by atomic mass is 16.5. The molecule has 1 aromatic heterocycles. The Hall–Kier alpha value is -2.39. The lowest BCUT2D eigenvalue weighted by atomic mass is 9.97. The van der Waals surface area contributed by atoms with Crippen LogP contribution in [0, 0.1) is 0 Å². The predicted molar refractivity (Wildman–Crippen MR) is 78.6 cm³/mol. The third kappa shape index (κ3) is 2.12. The first-order valence-corrected chi connectivity index (χ1v) is 6.40. The van der Waals surface area contributed by atoms with E-state index in [1.807, 2.05) is 48.5 Å². The van der Waals surface area contributed by atoms with Crippen molar-refractivity contribution >= 4 is 11.0 Å². The van der Waals surface area contributed by atoms with Gasteiger partial charge in [0.1, 0.15) is 5.58 Å². The molecule has 1 heterocycles. The molecular weight excluding hydrogens is 252 g/mol. The Morgan fingerprint density at radius 3 is 2.45 bits per heavy atom. The fraction of sp³-hybridized carbons (Fsp3) is 0.118. The van der Waals surface area contributed by atoms with Gasteiger partial charge in [0.05, 0.1) is 12.2 Å². The van der Waals surface area contributed by atoms with E-state index >= 15 is 0 Å². The SMILES string of the molecule is COCc1c(-c2ccccc2)c2ccccc2oc1=O. The maximum Gasteiger partial charge on any atom is 0.342 e. The summed E-state index contributed by atoms with van der Waals surface area (Å²) < 4.78 is 10.5. The Kier molecular flexibility index (Phi) is 3.35. The Morgan fingerprint density at radius 2 is 1.70 bits per heavy atom. The van der Waals surface area contributed by atoms with Gasteiger partial charge in [-0.1, -0.05) is 48.5 Å². The highest BCUT2D eigenvalue weighted by Gasteiger charge is 2.15. The normalized spacial score (nSPS) is 10.8. The topological polar surface area (TPSA) is 39.4 Å². The average molecular weight is 266 g/mol. The summed E-state index contributed by atoms with van der Waals surface area (Å²) in [5.74, 6) is 0. The lowest BCUT2D eigenvalue weighted by Crippen LogP contribution is -2.10. The van der Waals surface area contributed by atoms with Crippen LogP contribution in [0.2, 0.25) is 0 Å². The molecule has 3 nitrogen and oxygen atoms in total. The Balaban J connectivity index is 2.42. The highest BCUT2D eigenvalue weighted by Crippen LogP contribution is 2.30. The van der Waals surface area contributed by atoms with E-state index in [0.717, 1.165) is 16.5 Å². The second-order valence-corrected chi connectivity index (χ2v) is 4.54. The molecule has 0 fully saturated rings. The molecule has 3 heteroatoms. The fourth-order valence-electron chi connectivity index (χ4n) is 2.40. The zero-order valence-electron chi connectivity index (χ0n) is 11.1. The first-order chi connectivity index (χ1) is 9.81. The maximum atomic E-state index is 12.2. The van der Waals surface area contributed by atoms with Gasteiger partial charge >= 0.3 is 5.63 Å². The van der Waals surface area contributed by atoms with Crippen molar-refractivity contribution in [2.75, 3.05) is 7.11 Å². The molecule has 20 heavy (non-hydrogen) atoms. The van der Waals surface area contributed by atoms with Crippen molar-refractivity contribution in [3.8, 4) is 11.1 Å². The summed E-state index contributed by atoms with van der Waals surface area (Å²) in [6, 6.07) is 17.4. The Morgan fingerprint density at radius 1 is 1.00 bits per heavy atom. The molecule has 0 unspecified atom stereocenters. The van der Waals surface area contributed by atoms with Crippen LogP contribution in [-0.4, -0.2) is 7.11 Å². The molecule has 0 aliphatic rings. The molecule has 3 aromatic rings. The monoisotopic (exact) mass is 266 g/mol. The number of hydrogen-bond acceptors (Lipinski definition) is 3. The molecule has 0 atom stereocenters. The molecular formula is C17H14O3. The van der Waals surface area contributed by atoms with Crippen molar-refractivity contribution in [3.05, 3.63) is 70.6 Å². The smallest absolute Gasteiger partial charge is 0.342 e. The number of methoxy groups -OCH3 is 1. The number of rotatable bonds is 3. The fourth-order valence-corrected chi connectivity index (χ4v) is 2.40. The first-order valence-electron chi connectivity index (χ1n) is 6.40. The molecule has 2 aromatic carbocycles. The van der Waals surface area contributed by atoms with Gasteiger partial charge in [0.25, 0.3) is 0 Å². The van der Waals surface area contributed by atoms with Gasteiger partial charge in [-0.3, -0.25) is 0 Å². The van der Waals surface area contributed by atoms with Crippen LogP contribution in [0.5, 0.6) is 0 Å². The van der Waals surface area contributed by atoms with Gasteiger partial charge in [0.15, 0.2) is 0 Å². The Bertz CT molecular complexity index is 788. The van der Waals surface area contributed by atoms with Crippen LogP contribution >= 0.6 is 0 Å². The molecule has 100 valence electrons. The van der Waals surface area contributed by atoms with E-state index in [-0.39, 0.29) is 12.2 Å². The van der Waals surface area contributed by atoms with E-state index in [4.69, 9.17) is 9.15 Å². The highest BCUT2D eigenvalue weighted by molar-refractivity contribution is 5.94. The summed E-state index contributed by atoms with van der Waals surface area (Å²) in [5.41, 5.74) is 2.68. The summed E-state index contributed by atoms with van der Waals surface area (Å²) in [6.07, 6.45) is 0. The van der Waals surface area contributed by atoms with Crippen LogP contribution in [0.4, 0.5) is 0 Å². The number of benzene rings is 2. The van der Waals surface area contributed by atoms with Gasteiger partial charge in [-0.05, 0) is 11.6 Å². The second kappa shape index (κ2) is 5.31. The summed E-state index contributed by atoms with van der Waals surface area (Å²) in [5, 5.41) is 0.922. The molecule has 0 bridgehead atoms. The summed E-state index contributed by atoms with van der Waals surface area (Å²) >= 11 is 0. The molecule has 0 aliphatic heterocycles. The van der Waals surface area contributed by atoms with E-state index in [1.54, 1.807) is 13.2 Å². The van der Waals surface area contributed by atoms with E-state index in [9.17, 15) is 4.79 Å². The lowest BCUT2D eigenvalue weighted by Gasteiger charge is -2.11. The van der Waals surface area contributed by atoms with Crippen LogP contribution in [0.3, 0.4) is 0 Å². The molecule has 3 rings (SSSR count). The number of ether oxygens (including phenoxy) is 1. The van der Waals surface area contributed by atoms with Crippen LogP contribution < -0.4 is 5.63 Å². The maximum absolute atomic E-state index is 12.2. The minimum absolute atomic E-state index is 0.234. The quantitative estimate of drug-likeness (QED) is 0.680. The predicted octanol–water partition coefficient (Wildman–Crippen LogP) is 3.61. The molecule has 0 amide bonds. The lowest BCUT2D eigenvalue weighted by molar-refractivity contribution is 0.182. The standard InChI is InChI=1S/C17H14O3/c1-19-11-14-16(12-7-3-2-4-8-12)13-9-5-6-10-15(13)20-17(14)18/h2-10H,11H2,1H3. The van der Waals surface area contributed by atoms with E-state index in [2.05, 4.69) is 0 Å². The van der Waals surface area contributed by atoms with E-state index in [1.165, 1.54) is 0 Å². The largest absolute Gasteiger partial charge is 0.422 e. The van der Waals surface area contributed by atoms with Gasteiger partial charge < -0.3 is 9.15 Å². The summed E-state index contributed by atoms with van der Waals surface area (Å²) in [7, 11) is 1.57. The van der Waals surface area contributed by atoms with Crippen LogP contribution in [-0.2, 0) is 11.3 Å². The van der Waals surface area contributed by atoms with E-state index in [0.29, 0.717) is 11.1 Å². The molecule has 0 saturated carbocycles. The van der Waals surface area contributed by atoms with Crippen LogP contribution in [0.15, 0.2) is 63.8 Å². The van der Waals surface area contributed by atoms with Crippen molar-refractivity contribution in [3.63, 3.8) is 0 Å². The number of fused-ring (bicyclic) bond motifs is 1. The molecule has 0 saturated heterocycles. The van der Waals surface area contributed by atoms with Gasteiger partial charge in [-0.2, -0.15) is 0 Å². The van der Waals surface area contributed by atoms with Crippen LogP contribution in [0.1, 0.15) is 5.56 Å². The van der Waals surface area contributed by atoms with Crippen molar-refractivity contribution < 1.29 is 9.15 Å². The average Bonchev–Trinajstić information content (AvgIpc) is 2.49. The van der Waals surface area contributed by atoms with Crippen molar-refractivity contribution in [2.24, 2.45) is 0 Å². The van der Waals surface area contributed by atoms with E-state index < -0.39 is 0 Å². The molecule has 0 radical (unpaired) electrons. The van der Waals surface area contributed by atoms with Gasteiger partial charge in [-0.25, -0.2) is 4.79 Å². The zero-order valence-corrected chi connectivity index (χ0v) is 11.1. The van der Waals surface area contributed by atoms with Gasteiger partial charge in [0, 0.05) is 18.1 Å². The molecule has 0 N–H and O–H groups in total. The van der Waals surface area contributed by atoms with Crippen molar-refractivity contribution in [1.29, 1.82) is 0 Å². The molecule has 0 aliphatic carbocycles. The second-order valence-electron chi connectivity index (χ2n) is 4.54. The summed E-state index contributed by atoms with van der Waals surface area (Å²) in [4.78, 5) is 12.2. The minimum Gasteiger partial charge on any atom is -0.422 e. The third-order valence-corrected chi connectivity index (χ3v) is 3.26. The summed E-state index contributed by atoms with van der Waals surface area (Å²) in [6.45, 7) is 0.234. The van der Waals surface area contributed by atoms with Gasteiger partial charge in [-0.15, -0.1) is 0 Å². The third-order valence-electron chi connectivity index (χ3n) is 3.26. The first kappa shape index (κ1) is 12.6. The molecule has 0 spiro atoms.